The fourth-order valence-corrected chi connectivity index (χ4v) is 4.28. The molecule has 2 heterocycles. The van der Waals surface area contributed by atoms with Gasteiger partial charge in [0.1, 0.15) is 17.5 Å². The van der Waals surface area contributed by atoms with Crippen LogP contribution in [0.3, 0.4) is 0 Å². The van der Waals surface area contributed by atoms with Gasteiger partial charge >= 0.3 is 0 Å². The summed E-state index contributed by atoms with van der Waals surface area (Å²) in [5, 5.41) is 6.44. The number of hydroxylamine groups is 1. The Kier molecular flexibility index (Phi) is 9.74. The Hall–Kier alpha value is -2.62. The summed E-state index contributed by atoms with van der Waals surface area (Å²) in [4.78, 5) is 47.0. The Balaban J connectivity index is 1.72. The highest BCUT2D eigenvalue weighted by Crippen LogP contribution is 2.26. The summed E-state index contributed by atoms with van der Waals surface area (Å²) in [5.41, 5.74) is 3.90. The fraction of sp³-hybridized carbons (Fsp3) is 0.542. The molecule has 1 aliphatic rings. The molecule has 4 N–H and O–H groups in total. The molecule has 3 rings (SSSR count). The molecule has 2 unspecified atom stereocenters. The van der Waals surface area contributed by atoms with Crippen LogP contribution in [0.15, 0.2) is 24.3 Å². The molecule has 34 heavy (non-hydrogen) atoms. The molecule has 0 bridgehead atoms. The molecule has 1 aromatic carbocycles. The second-order valence-electron chi connectivity index (χ2n) is 8.53. The number of rotatable bonds is 12. The molecule has 0 radical (unpaired) electrons. The summed E-state index contributed by atoms with van der Waals surface area (Å²) in [7, 11) is 1.57. The first kappa shape index (κ1) is 26.0. The van der Waals surface area contributed by atoms with Gasteiger partial charge in [0.2, 0.25) is 5.91 Å². The Labute approximate surface area is 204 Å². The third-order valence-electron chi connectivity index (χ3n) is 6.04. The molecule has 0 saturated carbocycles. The van der Waals surface area contributed by atoms with Crippen molar-refractivity contribution in [1.29, 1.82) is 0 Å². The van der Waals surface area contributed by atoms with Gasteiger partial charge in [-0.2, -0.15) is 0 Å². The predicted molar refractivity (Wildman–Crippen MR) is 130 cm³/mol. The number of fused-ring (bicyclic) bond motifs is 1. The second-order valence-corrected chi connectivity index (χ2v) is 8.80. The average Bonchev–Trinajstić information content (AvgIpc) is 3.31. The van der Waals surface area contributed by atoms with Crippen molar-refractivity contribution in [2.45, 2.75) is 51.1 Å². The zero-order valence-corrected chi connectivity index (χ0v) is 20.4. The number of hydrogen-bond donors (Lipinski definition) is 4. The van der Waals surface area contributed by atoms with Crippen LogP contribution in [0, 0.1) is 5.92 Å². The Morgan fingerprint density at radius 3 is 2.76 bits per heavy atom. The number of benzene rings is 1. The number of H-pyrrole nitrogens is 1. The lowest BCUT2D eigenvalue weighted by atomic mass is 9.94. The van der Waals surface area contributed by atoms with Crippen LogP contribution in [0.4, 0.5) is 0 Å². The van der Waals surface area contributed by atoms with Crippen molar-refractivity contribution in [2.75, 3.05) is 26.1 Å². The van der Waals surface area contributed by atoms with E-state index in [4.69, 9.17) is 21.2 Å². The molecule has 10 heteroatoms. The first-order chi connectivity index (χ1) is 16.5. The first-order valence-corrected chi connectivity index (χ1v) is 12.2. The fourth-order valence-electron chi connectivity index (χ4n) is 4.09. The normalized spacial score (nSPS) is 17.7. The van der Waals surface area contributed by atoms with E-state index >= 15 is 0 Å². The van der Waals surface area contributed by atoms with Gasteiger partial charge < -0.3 is 25.2 Å². The number of ether oxygens (including phenoxy) is 1. The number of nitrogens with one attached hydrogen (secondary N) is 4. The van der Waals surface area contributed by atoms with Gasteiger partial charge in [0.25, 0.3) is 5.91 Å². The smallest absolute Gasteiger partial charge is 0.268 e. The molecule has 2 aromatic rings. The first-order valence-electron chi connectivity index (χ1n) is 11.7. The zero-order valence-electron chi connectivity index (χ0n) is 19.6. The van der Waals surface area contributed by atoms with Gasteiger partial charge in [0.05, 0.1) is 25.6 Å². The van der Waals surface area contributed by atoms with E-state index in [-0.39, 0.29) is 17.6 Å². The highest BCUT2D eigenvalue weighted by Gasteiger charge is 2.29. The largest absolute Gasteiger partial charge is 0.496 e. The molecule has 1 fully saturated rings. The standard InChI is InChI=1S/C24H33ClN4O5/c1-3-4-6-18(23(31)29-19(21(30)13-25)11-15-9-10-26-34-14-15)28-24(32)20-12-16-17(27-20)7-5-8-22(16)33-2/h5,7-8,12,15,18-19,26-27H,3-4,6,9-11,13-14H2,1-2H3,(H,28,32)(H,29,31)/t15?,18-,19?/m0/s1. The van der Waals surface area contributed by atoms with Crippen molar-refractivity contribution in [2.24, 2.45) is 5.92 Å². The van der Waals surface area contributed by atoms with Crippen molar-refractivity contribution in [3.63, 3.8) is 0 Å². The summed E-state index contributed by atoms with van der Waals surface area (Å²) < 4.78 is 5.36. The maximum absolute atomic E-state index is 13.2. The van der Waals surface area contributed by atoms with Crippen molar-refractivity contribution in [3.8, 4) is 5.75 Å². The number of carbonyl (C=O) groups is 3. The van der Waals surface area contributed by atoms with E-state index in [0.717, 1.165) is 30.2 Å². The number of alkyl halides is 1. The molecule has 3 atom stereocenters. The third-order valence-corrected chi connectivity index (χ3v) is 6.30. The van der Waals surface area contributed by atoms with Crippen LogP contribution in [0.5, 0.6) is 5.75 Å². The predicted octanol–water partition coefficient (Wildman–Crippen LogP) is 2.69. The molecule has 0 aliphatic carbocycles. The summed E-state index contributed by atoms with van der Waals surface area (Å²) >= 11 is 5.81. The Bertz CT molecular complexity index is 989. The van der Waals surface area contributed by atoms with Crippen LogP contribution in [0.25, 0.3) is 10.9 Å². The van der Waals surface area contributed by atoms with Crippen molar-refractivity contribution in [1.82, 2.24) is 21.1 Å². The number of aromatic amines is 1. The average molecular weight is 493 g/mol. The molecule has 2 amide bonds. The lowest BCUT2D eigenvalue weighted by Crippen LogP contribution is -2.52. The summed E-state index contributed by atoms with van der Waals surface area (Å²) in [6.45, 7) is 3.16. The molecular weight excluding hydrogens is 460 g/mol. The van der Waals surface area contributed by atoms with Crippen LogP contribution in [0.2, 0.25) is 0 Å². The number of methoxy groups -OCH3 is 1. The molecule has 1 aliphatic heterocycles. The van der Waals surface area contributed by atoms with Gasteiger partial charge in [0.15, 0.2) is 5.78 Å². The van der Waals surface area contributed by atoms with Crippen LogP contribution in [-0.4, -0.2) is 60.8 Å². The van der Waals surface area contributed by atoms with Gasteiger partial charge in [0, 0.05) is 17.4 Å². The monoisotopic (exact) mass is 492 g/mol. The van der Waals surface area contributed by atoms with Crippen molar-refractivity contribution >= 4 is 40.1 Å². The number of ketones is 1. The van der Waals surface area contributed by atoms with E-state index in [9.17, 15) is 14.4 Å². The third kappa shape index (κ3) is 6.71. The van der Waals surface area contributed by atoms with E-state index in [0.29, 0.717) is 37.4 Å². The number of unbranched alkanes of at least 4 members (excludes halogenated alkanes) is 1. The van der Waals surface area contributed by atoms with Gasteiger partial charge in [-0.25, -0.2) is 5.48 Å². The highest BCUT2D eigenvalue weighted by atomic mass is 35.5. The van der Waals surface area contributed by atoms with Gasteiger partial charge in [-0.05, 0) is 43.4 Å². The van der Waals surface area contributed by atoms with Gasteiger partial charge in [-0.3, -0.25) is 14.4 Å². The maximum atomic E-state index is 13.2. The van der Waals surface area contributed by atoms with Crippen molar-refractivity contribution in [3.05, 3.63) is 30.0 Å². The van der Waals surface area contributed by atoms with E-state index in [2.05, 4.69) is 21.1 Å². The van der Waals surface area contributed by atoms with Crippen LogP contribution in [-0.2, 0) is 14.4 Å². The van der Waals surface area contributed by atoms with E-state index in [1.54, 1.807) is 13.2 Å². The number of aromatic nitrogens is 1. The molecule has 0 spiro atoms. The summed E-state index contributed by atoms with van der Waals surface area (Å²) in [5.74, 6) is -0.465. The van der Waals surface area contributed by atoms with Gasteiger partial charge in [-0.1, -0.05) is 25.8 Å². The van der Waals surface area contributed by atoms with E-state index in [1.165, 1.54) is 0 Å². The molecular formula is C24H33ClN4O5. The van der Waals surface area contributed by atoms with E-state index in [1.807, 2.05) is 25.1 Å². The molecule has 1 saturated heterocycles. The Morgan fingerprint density at radius 1 is 1.26 bits per heavy atom. The SMILES string of the molecule is CCCC[C@H](NC(=O)c1cc2c(OC)cccc2[nH]1)C(=O)NC(CC1CCNOC1)C(=O)CCl. The molecule has 9 nitrogen and oxygen atoms in total. The number of amides is 2. The lowest BCUT2D eigenvalue weighted by Gasteiger charge is -2.27. The quantitative estimate of drug-likeness (QED) is 0.338. The molecule has 186 valence electrons. The minimum atomic E-state index is -0.782. The van der Waals surface area contributed by atoms with E-state index < -0.39 is 23.9 Å². The topological polar surface area (TPSA) is 122 Å². The number of halogens is 1. The van der Waals surface area contributed by atoms with Gasteiger partial charge in [-0.15, -0.1) is 11.6 Å². The number of hydrogen-bond acceptors (Lipinski definition) is 6. The number of carbonyl (C=O) groups excluding carboxylic acids is 3. The maximum Gasteiger partial charge on any atom is 0.268 e. The zero-order chi connectivity index (χ0) is 24.5. The molecule has 1 aromatic heterocycles. The van der Waals surface area contributed by atoms with Crippen LogP contribution >= 0.6 is 11.6 Å². The minimum absolute atomic E-state index is 0.128. The minimum Gasteiger partial charge on any atom is -0.496 e. The lowest BCUT2D eigenvalue weighted by molar-refractivity contribution is -0.128. The van der Waals surface area contributed by atoms with Crippen molar-refractivity contribution < 1.29 is 24.0 Å². The Morgan fingerprint density at radius 2 is 2.09 bits per heavy atom. The van der Waals surface area contributed by atoms with Crippen LogP contribution in [0.1, 0.15) is 49.5 Å². The summed E-state index contributed by atoms with van der Waals surface area (Å²) in [6.07, 6.45) is 3.34. The second kappa shape index (κ2) is 12.7. The number of Topliss-reactive ketones (excluding diaryl/α,β-unsaturated/α-hetero) is 1. The highest BCUT2D eigenvalue weighted by molar-refractivity contribution is 6.28. The summed E-state index contributed by atoms with van der Waals surface area (Å²) in [6, 6.07) is 5.69. The van der Waals surface area contributed by atoms with Crippen LogP contribution < -0.4 is 20.9 Å².